The second-order valence-electron chi connectivity index (χ2n) is 3.70. The monoisotopic (exact) mass is 250 g/mol. The van der Waals surface area contributed by atoms with Gasteiger partial charge in [-0.2, -0.15) is 0 Å². The van der Waals surface area contributed by atoms with Gasteiger partial charge in [0.1, 0.15) is 0 Å². The minimum Gasteiger partial charge on any atom is -0.398 e. The number of benzene rings is 1. The van der Waals surface area contributed by atoms with Crippen LogP contribution in [0.2, 0.25) is 0 Å². The lowest BCUT2D eigenvalue weighted by molar-refractivity contribution is 0.660. The third-order valence-corrected chi connectivity index (χ3v) is 3.49. The number of nitrogens with zero attached hydrogens (tertiary/aromatic N) is 2. The Morgan fingerprint density at radius 1 is 1.53 bits per heavy atom. The zero-order valence-corrected chi connectivity index (χ0v) is 10.5. The fourth-order valence-corrected chi connectivity index (χ4v) is 2.44. The summed E-state index contributed by atoms with van der Waals surface area (Å²) in [5.41, 5.74) is 7.54. The quantitative estimate of drug-likeness (QED) is 0.812. The maximum atomic E-state index is 11.4. The smallest absolute Gasteiger partial charge is 0.343 e. The Morgan fingerprint density at radius 3 is 2.94 bits per heavy atom. The minimum atomic E-state index is -0.194. The number of nitrogens with two attached hydrogens (primary N) is 1. The average molecular weight is 250 g/mol. The molecule has 0 aliphatic rings. The van der Waals surface area contributed by atoms with E-state index in [4.69, 9.17) is 5.73 Å². The fourth-order valence-electron chi connectivity index (χ4n) is 1.52. The van der Waals surface area contributed by atoms with Gasteiger partial charge in [0.25, 0.3) is 0 Å². The number of nitrogen functional groups attached to an aromatic ring is 1. The highest BCUT2D eigenvalue weighted by Crippen LogP contribution is 2.30. The lowest BCUT2D eigenvalue weighted by Gasteiger charge is -2.06. The van der Waals surface area contributed by atoms with E-state index in [9.17, 15) is 4.79 Å². The van der Waals surface area contributed by atoms with Gasteiger partial charge in [0.05, 0.1) is 0 Å². The predicted molar refractivity (Wildman–Crippen MR) is 68.2 cm³/mol. The molecule has 2 aromatic rings. The molecular formula is C11H14N4OS. The summed E-state index contributed by atoms with van der Waals surface area (Å²) in [6.07, 6.45) is 0. The van der Waals surface area contributed by atoms with Crippen molar-refractivity contribution in [2.24, 2.45) is 0 Å². The van der Waals surface area contributed by atoms with Gasteiger partial charge in [0.2, 0.25) is 0 Å². The molecule has 0 unspecified atom stereocenters. The van der Waals surface area contributed by atoms with E-state index in [-0.39, 0.29) is 5.69 Å². The van der Waals surface area contributed by atoms with E-state index < -0.39 is 0 Å². The highest BCUT2D eigenvalue weighted by Gasteiger charge is 2.10. The van der Waals surface area contributed by atoms with Gasteiger partial charge in [-0.15, -0.1) is 5.10 Å². The third-order valence-electron chi connectivity index (χ3n) is 2.41. The van der Waals surface area contributed by atoms with Gasteiger partial charge >= 0.3 is 5.69 Å². The number of rotatable bonds is 3. The maximum absolute atomic E-state index is 11.4. The first kappa shape index (κ1) is 11.8. The first-order chi connectivity index (χ1) is 8.11. The van der Waals surface area contributed by atoms with Gasteiger partial charge in [-0.25, -0.2) is 9.89 Å². The van der Waals surface area contributed by atoms with Crippen LogP contribution < -0.4 is 11.4 Å². The molecule has 1 aromatic heterocycles. The number of hydrogen-bond donors (Lipinski definition) is 2. The third kappa shape index (κ3) is 2.36. The van der Waals surface area contributed by atoms with Crippen molar-refractivity contribution in [3.8, 4) is 0 Å². The molecule has 0 aliphatic heterocycles. The van der Waals surface area contributed by atoms with Gasteiger partial charge in [0.15, 0.2) is 5.16 Å². The van der Waals surface area contributed by atoms with Crippen molar-refractivity contribution in [2.45, 2.75) is 30.4 Å². The number of aryl methyl sites for hydroxylation is 1. The van der Waals surface area contributed by atoms with Crippen molar-refractivity contribution >= 4 is 17.4 Å². The molecule has 0 bridgehead atoms. The zero-order valence-electron chi connectivity index (χ0n) is 9.73. The molecule has 0 radical (unpaired) electrons. The predicted octanol–water partition coefficient (Wildman–Crippen LogP) is 1.63. The van der Waals surface area contributed by atoms with Crippen LogP contribution in [0.4, 0.5) is 5.69 Å². The van der Waals surface area contributed by atoms with Crippen LogP contribution in [0.5, 0.6) is 0 Å². The molecule has 6 heteroatoms. The van der Waals surface area contributed by atoms with Crippen molar-refractivity contribution < 1.29 is 0 Å². The Balaban J connectivity index is 2.34. The molecule has 3 N–H and O–H groups in total. The van der Waals surface area contributed by atoms with Gasteiger partial charge < -0.3 is 5.73 Å². The second-order valence-corrected chi connectivity index (χ2v) is 4.71. The van der Waals surface area contributed by atoms with Crippen molar-refractivity contribution in [1.29, 1.82) is 0 Å². The molecule has 0 saturated carbocycles. The topological polar surface area (TPSA) is 76.7 Å². The number of anilines is 1. The SMILES string of the molecule is CCn1c(Sc2ccc(C)cc2N)n[nH]c1=O. The summed E-state index contributed by atoms with van der Waals surface area (Å²) >= 11 is 1.39. The number of hydrogen-bond acceptors (Lipinski definition) is 4. The van der Waals surface area contributed by atoms with Crippen LogP contribution in [0.1, 0.15) is 12.5 Å². The Bertz CT molecular complexity index is 587. The Labute approximate surface area is 103 Å². The van der Waals surface area contributed by atoms with Crippen LogP contribution >= 0.6 is 11.8 Å². The summed E-state index contributed by atoms with van der Waals surface area (Å²) in [6.45, 7) is 4.48. The van der Waals surface area contributed by atoms with E-state index in [1.807, 2.05) is 32.0 Å². The van der Waals surface area contributed by atoms with E-state index in [0.717, 1.165) is 10.5 Å². The lowest BCUT2D eigenvalue weighted by Crippen LogP contribution is -2.16. The number of H-pyrrole nitrogens is 1. The molecule has 90 valence electrons. The van der Waals surface area contributed by atoms with Gasteiger partial charge in [-0.3, -0.25) is 4.57 Å². The molecule has 0 saturated heterocycles. The van der Waals surface area contributed by atoms with Gasteiger partial charge in [-0.1, -0.05) is 6.07 Å². The van der Waals surface area contributed by atoms with Crippen LogP contribution in [0.25, 0.3) is 0 Å². The van der Waals surface area contributed by atoms with Crippen LogP contribution in [0.3, 0.4) is 0 Å². The minimum absolute atomic E-state index is 0.194. The second kappa shape index (κ2) is 4.67. The van der Waals surface area contributed by atoms with Crippen LogP contribution in [0.15, 0.2) is 33.0 Å². The summed E-state index contributed by atoms with van der Waals surface area (Å²) < 4.78 is 1.57. The normalized spacial score (nSPS) is 10.7. The van der Waals surface area contributed by atoms with E-state index in [0.29, 0.717) is 17.4 Å². The molecule has 0 spiro atoms. The first-order valence-electron chi connectivity index (χ1n) is 5.31. The number of aromatic amines is 1. The summed E-state index contributed by atoms with van der Waals surface area (Å²) in [4.78, 5) is 12.3. The van der Waals surface area contributed by atoms with Gasteiger partial charge in [0, 0.05) is 17.1 Å². The van der Waals surface area contributed by atoms with Crippen LogP contribution in [-0.4, -0.2) is 14.8 Å². The van der Waals surface area contributed by atoms with Crippen molar-refractivity contribution in [2.75, 3.05) is 5.73 Å². The summed E-state index contributed by atoms with van der Waals surface area (Å²) in [5.74, 6) is 0. The summed E-state index contributed by atoms with van der Waals surface area (Å²) in [6, 6.07) is 5.83. The maximum Gasteiger partial charge on any atom is 0.343 e. The van der Waals surface area contributed by atoms with Crippen LogP contribution in [-0.2, 0) is 6.54 Å². The fraction of sp³-hybridized carbons (Fsp3) is 0.273. The average Bonchev–Trinajstić information content (AvgIpc) is 2.63. The molecule has 17 heavy (non-hydrogen) atoms. The van der Waals surface area contributed by atoms with Crippen molar-refractivity contribution in [3.05, 3.63) is 34.2 Å². The highest BCUT2D eigenvalue weighted by atomic mass is 32.2. The van der Waals surface area contributed by atoms with E-state index >= 15 is 0 Å². The first-order valence-corrected chi connectivity index (χ1v) is 6.12. The van der Waals surface area contributed by atoms with Crippen molar-refractivity contribution in [3.63, 3.8) is 0 Å². The summed E-state index contributed by atoms with van der Waals surface area (Å²) in [7, 11) is 0. The Hall–Kier alpha value is -1.69. The Kier molecular flexibility index (Phi) is 3.23. The molecule has 0 fully saturated rings. The molecule has 0 amide bonds. The number of nitrogens with one attached hydrogen (secondary N) is 1. The molecule has 0 atom stereocenters. The van der Waals surface area contributed by atoms with Gasteiger partial charge in [-0.05, 0) is 43.3 Å². The number of aromatic nitrogens is 3. The Morgan fingerprint density at radius 2 is 2.29 bits per heavy atom. The van der Waals surface area contributed by atoms with Crippen molar-refractivity contribution in [1.82, 2.24) is 14.8 Å². The van der Waals surface area contributed by atoms with E-state index in [1.54, 1.807) is 4.57 Å². The molecule has 1 heterocycles. The highest BCUT2D eigenvalue weighted by molar-refractivity contribution is 7.99. The molecule has 1 aromatic carbocycles. The van der Waals surface area contributed by atoms with E-state index in [2.05, 4.69) is 10.2 Å². The standard InChI is InChI=1S/C11H14N4OS/c1-3-15-10(16)13-14-11(15)17-9-5-4-7(2)6-8(9)12/h4-6H,3,12H2,1-2H3,(H,13,16). The molecule has 2 rings (SSSR count). The zero-order chi connectivity index (χ0) is 12.4. The molecular weight excluding hydrogens is 236 g/mol. The van der Waals surface area contributed by atoms with Crippen LogP contribution in [0, 0.1) is 6.92 Å². The molecule has 5 nitrogen and oxygen atoms in total. The lowest BCUT2D eigenvalue weighted by atomic mass is 10.2. The summed E-state index contributed by atoms with van der Waals surface area (Å²) in [5, 5.41) is 7.05. The van der Waals surface area contributed by atoms with E-state index in [1.165, 1.54) is 11.8 Å². The molecule has 0 aliphatic carbocycles. The largest absolute Gasteiger partial charge is 0.398 e.